The molecule has 0 radical (unpaired) electrons. The van der Waals surface area contributed by atoms with Gasteiger partial charge in [0, 0.05) is 29.3 Å². The van der Waals surface area contributed by atoms with Crippen LogP contribution in [0.2, 0.25) is 0 Å². The van der Waals surface area contributed by atoms with Gasteiger partial charge in [-0.1, -0.05) is 57.2 Å². The average Bonchev–Trinajstić information content (AvgIpc) is 3.30. The second-order valence-corrected chi connectivity index (χ2v) is 9.03. The molecule has 9 heteroatoms. The minimum absolute atomic E-state index is 0.114. The number of nitrogens with zero attached hydrogens (tertiary/aromatic N) is 6. The van der Waals surface area contributed by atoms with Crippen LogP contribution in [0.15, 0.2) is 83.9 Å². The molecule has 3 heterocycles. The standard InChI is InChI=1S/C26H23N7O2/c1-26(2,3)20-16-21(33(30-20)25-27-14-9-15-28-25)29-23(34)22-18-12-7-8-13-19(18)24(35)32(31-22)17-10-5-4-6-11-17/h4-16H,1-3H3,(H,29,34). The number of aromatic nitrogens is 6. The van der Waals surface area contributed by atoms with Crippen LogP contribution in [0.5, 0.6) is 0 Å². The highest BCUT2D eigenvalue weighted by atomic mass is 16.2. The van der Waals surface area contributed by atoms with Gasteiger partial charge in [-0.15, -0.1) is 0 Å². The van der Waals surface area contributed by atoms with E-state index < -0.39 is 5.91 Å². The van der Waals surface area contributed by atoms with Gasteiger partial charge in [0.05, 0.1) is 16.8 Å². The van der Waals surface area contributed by atoms with Crippen molar-refractivity contribution in [2.24, 2.45) is 0 Å². The molecule has 0 saturated heterocycles. The van der Waals surface area contributed by atoms with Gasteiger partial charge in [-0.25, -0.2) is 9.97 Å². The molecule has 1 N–H and O–H groups in total. The maximum atomic E-state index is 13.6. The molecular weight excluding hydrogens is 442 g/mol. The number of carbonyl (C=O) groups is 1. The van der Waals surface area contributed by atoms with E-state index in [0.29, 0.717) is 28.2 Å². The van der Waals surface area contributed by atoms with Gasteiger partial charge in [0.1, 0.15) is 5.82 Å². The fourth-order valence-corrected chi connectivity index (χ4v) is 3.67. The summed E-state index contributed by atoms with van der Waals surface area (Å²) in [7, 11) is 0. The Balaban J connectivity index is 1.64. The van der Waals surface area contributed by atoms with Crippen LogP contribution in [0.25, 0.3) is 22.4 Å². The van der Waals surface area contributed by atoms with Crippen LogP contribution in [0, 0.1) is 0 Å². The Labute approximate surface area is 201 Å². The minimum atomic E-state index is -0.483. The van der Waals surface area contributed by atoms with Crippen molar-refractivity contribution in [1.29, 1.82) is 0 Å². The Morgan fingerprint density at radius 3 is 2.17 bits per heavy atom. The van der Waals surface area contributed by atoms with Crippen molar-refractivity contribution in [1.82, 2.24) is 29.5 Å². The highest BCUT2D eigenvalue weighted by molar-refractivity contribution is 6.11. The number of anilines is 1. The lowest BCUT2D eigenvalue weighted by atomic mass is 9.92. The minimum Gasteiger partial charge on any atom is -0.305 e. The number of para-hydroxylation sites is 1. The van der Waals surface area contributed by atoms with Crippen LogP contribution in [0.4, 0.5) is 5.82 Å². The molecule has 0 saturated carbocycles. The van der Waals surface area contributed by atoms with Crippen molar-refractivity contribution in [3.05, 3.63) is 101 Å². The first-order valence-corrected chi connectivity index (χ1v) is 11.1. The van der Waals surface area contributed by atoms with Gasteiger partial charge in [-0.2, -0.15) is 19.6 Å². The first-order chi connectivity index (χ1) is 16.8. The van der Waals surface area contributed by atoms with Gasteiger partial charge in [0.25, 0.3) is 17.4 Å². The summed E-state index contributed by atoms with van der Waals surface area (Å²) in [6.07, 6.45) is 3.22. The molecule has 0 bridgehead atoms. The van der Waals surface area contributed by atoms with E-state index in [1.165, 1.54) is 9.36 Å². The molecule has 174 valence electrons. The molecule has 0 aliphatic rings. The Bertz CT molecular complexity index is 1580. The quantitative estimate of drug-likeness (QED) is 0.431. The average molecular weight is 466 g/mol. The van der Waals surface area contributed by atoms with Crippen molar-refractivity contribution in [3.63, 3.8) is 0 Å². The van der Waals surface area contributed by atoms with E-state index >= 15 is 0 Å². The molecule has 5 rings (SSSR count). The zero-order valence-electron chi connectivity index (χ0n) is 19.5. The summed E-state index contributed by atoms with van der Waals surface area (Å²) in [5, 5.41) is 12.9. The molecule has 0 atom stereocenters. The van der Waals surface area contributed by atoms with Gasteiger partial charge < -0.3 is 5.32 Å². The number of hydrogen-bond acceptors (Lipinski definition) is 6. The van der Waals surface area contributed by atoms with Crippen LogP contribution >= 0.6 is 0 Å². The number of hydrogen-bond donors (Lipinski definition) is 1. The summed E-state index contributed by atoms with van der Waals surface area (Å²) in [4.78, 5) is 35.3. The molecule has 3 aromatic heterocycles. The van der Waals surface area contributed by atoms with Crippen LogP contribution in [0.1, 0.15) is 37.0 Å². The summed E-state index contributed by atoms with van der Waals surface area (Å²) in [5.41, 5.74) is 0.858. The van der Waals surface area contributed by atoms with Gasteiger partial charge in [0.2, 0.25) is 0 Å². The van der Waals surface area contributed by atoms with E-state index in [1.54, 1.807) is 60.9 Å². The van der Waals surface area contributed by atoms with Crippen molar-refractivity contribution in [2.45, 2.75) is 26.2 Å². The number of rotatable bonds is 4. The molecule has 5 aromatic rings. The van der Waals surface area contributed by atoms with Crippen molar-refractivity contribution >= 4 is 22.5 Å². The molecule has 35 heavy (non-hydrogen) atoms. The third kappa shape index (κ3) is 4.19. The zero-order valence-corrected chi connectivity index (χ0v) is 19.5. The van der Waals surface area contributed by atoms with Gasteiger partial charge in [0.15, 0.2) is 5.69 Å². The Morgan fingerprint density at radius 2 is 1.49 bits per heavy atom. The van der Waals surface area contributed by atoms with E-state index in [2.05, 4.69) is 25.5 Å². The SMILES string of the molecule is CC(C)(C)c1cc(NC(=O)c2nn(-c3ccccc3)c(=O)c3ccccc23)n(-c2ncccn2)n1. The van der Waals surface area contributed by atoms with Crippen molar-refractivity contribution < 1.29 is 4.79 Å². The molecule has 0 spiro atoms. The summed E-state index contributed by atoms with van der Waals surface area (Å²) in [5.74, 6) is 0.239. The van der Waals surface area contributed by atoms with Gasteiger partial charge >= 0.3 is 0 Å². The first kappa shape index (κ1) is 22.1. The second kappa shape index (κ2) is 8.60. The van der Waals surface area contributed by atoms with Crippen LogP contribution in [-0.2, 0) is 5.41 Å². The lowest BCUT2D eigenvalue weighted by Gasteiger charge is -2.13. The van der Waals surface area contributed by atoms with Gasteiger partial charge in [-0.3, -0.25) is 9.59 Å². The summed E-state index contributed by atoms with van der Waals surface area (Å²) in [6.45, 7) is 6.09. The van der Waals surface area contributed by atoms with Gasteiger partial charge in [-0.05, 0) is 24.3 Å². The lowest BCUT2D eigenvalue weighted by Crippen LogP contribution is -2.27. The Morgan fingerprint density at radius 1 is 0.829 bits per heavy atom. The maximum absolute atomic E-state index is 13.6. The van der Waals surface area contributed by atoms with Crippen molar-refractivity contribution in [2.75, 3.05) is 5.32 Å². The highest BCUT2D eigenvalue weighted by Gasteiger charge is 2.24. The largest absolute Gasteiger partial charge is 0.305 e. The summed E-state index contributed by atoms with van der Waals surface area (Å²) in [6, 6.07) is 19.4. The normalized spacial score (nSPS) is 11.5. The Kier molecular flexibility index (Phi) is 5.44. The predicted molar refractivity (Wildman–Crippen MR) is 133 cm³/mol. The van der Waals surface area contributed by atoms with E-state index in [1.807, 2.05) is 39.0 Å². The summed E-state index contributed by atoms with van der Waals surface area (Å²) >= 11 is 0. The van der Waals surface area contributed by atoms with Crippen LogP contribution in [0.3, 0.4) is 0 Å². The first-order valence-electron chi connectivity index (χ1n) is 11.1. The smallest absolute Gasteiger partial charge is 0.279 e. The molecule has 0 unspecified atom stereocenters. The number of nitrogens with one attached hydrogen (secondary N) is 1. The second-order valence-electron chi connectivity index (χ2n) is 9.03. The molecule has 9 nitrogen and oxygen atoms in total. The van der Waals surface area contributed by atoms with E-state index in [-0.39, 0.29) is 16.7 Å². The maximum Gasteiger partial charge on any atom is 0.279 e. The lowest BCUT2D eigenvalue weighted by molar-refractivity contribution is 0.102. The molecular formula is C26H23N7O2. The third-order valence-electron chi connectivity index (χ3n) is 5.48. The number of fused-ring (bicyclic) bond motifs is 1. The number of benzene rings is 2. The molecule has 1 amide bonds. The van der Waals surface area contributed by atoms with Crippen LogP contribution < -0.4 is 10.9 Å². The van der Waals surface area contributed by atoms with E-state index in [4.69, 9.17) is 0 Å². The molecule has 0 aliphatic heterocycles. The van der Waals surface area contributed by atoms with E-state index in [9.17, 15) is 9.59 Å². The number of carbonyl (C=O) groups excluding carboxylic acids is 1. The molecule has 0 fully saturated rings. The Hall–Kier alpha value is -4.66. The molecule has 2 aromatic carbocycles. The van der Waals surface area contributed by atoms with Crippen molar-refractivity contribution in [3.8, 4) is 11.6 Å². The zero-order chi connectivity index (χ0) is 24.6. The topological polar surface area (TPSA) is 108 Å². The fraction of sp³-hybridized carbons (Fsp3) is 0.154. The summed E-state index contributed by atoms with van der Waals surface area (Å²) < 4.78 is 2.74. The predicted octanol–water partition coefficient (Wildman–Crippen LogP) is 3.91. The van der Waals surface area contributed by atoms with Crippen LogP contribution in [-0.4, -0.2) is 35.4 Å². The monoisotopic (exact) mass is 465 g/mol. The van der Waals surface area contributed by atoms with E-state index in [0.717, 1.165) is 5.69 Å². The number of amides is 1. The fourth-order valence-electron chi connectivity index (χ4n) is 3.67. The molecule has 0 aliphatic carbocycles. The third-order valence-corrected chi connectivity index (χ3v) is 5.48. The highest BCUT2D eigenvalue weighted by Crippen LogP contribution is 2.26.